The highest BCUT2D eigenvalue weighted by molar-refractivity contribution is 6.27. The number of para-hydroxylation sites is 1. The Labute approximate surface area is 163 Å². The molecular formula is C19H27N3O6. The number of carbonyl (C=O) groups is 4. The molecule has 154 valence electrons. The van der Waals surface area contributed by atoms with Crippen LogP contribution in [0.15, 0.2) is 24.3 Å². The lowest BCUT2D eigenvalue weighted by Gasteiger charge is -2.27. The van der Waals surface area contributed by atoms with Gasteiger partial charge in [0.25, 0.3) is 0 Å². The van der Waals surface area contributed by atoms with Crippen molar-refractivity contribution in [3.05, 3.63) is 29.8 Å². The van der Waals surface area contributed by atoms with Crippen LogP contribution in [0.3, 0.4) is 0 Å². The molecule has 2 unspecified atom stereocenters. The molecule has 1 heterocycles. The molecule has 2 rings (SSSR count). The molecule has 9 nitrogen and oxygen atoms in total. The fraction of sp³-hybridized carbons (Fsp3) is 0.474. The van der Waals surface area contributed by atoms with E-state index in [0.717, 1.165) is 24.1 Å². The van der Waals surface area contributed by atoms with Gasteiger partial charge < -0.3 is 21.3 Å². The van der Waals surface area contributed by atoms with Gasteiger partial charge in [-0.15, -0.1) is 0 Å². The SMILES string of the molecule is CCCCNC(=O)C1Cc2ccccc2N1C(=O)C(N)CC.O=C(O)C(=O)O. The third kappa shape index (κ3) is 6.05. The van der Waals surface area contributed by atoms with Crippen molar-refractivity contribution < 1.29 is 29.4 Å². The zero-order chi connectivity index (χ0) is 21.3. The summed E-state index contributed by atoms with van der Waals surface area (Å²) >= 11 is 0. The maximum absolute atomic E-state index is 12.6. The maximum atomic E-state index is 12.6. The van der Waals surface area contributed by atoms with Crippen LogP contribution in [-0.2, 0) is 25.6 Å². The van der Waals surface area contributed by atoms with Crippen molar-refractivity contribution >= 4 is 29.4 Å². The second-order valence-corrected chi connectivity index (χ2v) is 6.33. The summed E-state index contributed by atoms with van der Waals surface area (Å²) in [6.45, 7) is 4.60. The fourth-order valence-electron chi connectivity index (χ4n) is 2.73. The van der Waals surface area contributed by atoms with Crippen LogP contribution in [0.4, 0.5) is 5.69 Å². The molecule has 0 spiro atoms. The Hall–Kier alpha value is -2.94. The molecule has 0 radical (unpaired) electrons. The molecule has 0 saturated heterocycles. The number of anilines is 1. The van der Waals surface area contributed by atoms with Crippen LogP contribution in [0, 0.1) is 0 Å². The smallest absolute Gasteiger partial charge is 0.414 e. The molecule has 5 N–H and O–H groups in total. The number of carboxylic acids is 2. The number of aliphatic carboxylic acids is 2. The van der Waals surface area contributed by atoms with Gasteiger partial charge in [-0.3, -0.25) is 14.5 Å². The van der Waals surface area contributed by atoms with Crippen molar-refractivity contribution in [1.82, 2.24) is 5.32 Å². The summed E-state index contributed by atoms with van der Waals surface area (Å²) < 4.78 is 0. The number of nitrogens with zero attached hydrogens (tertiary/aromatic N) is 1. The normalized spacial score (nSPS) is 15.7. The summed E-state index contributed by atoms with van der Waals surface area (Å²) in [5, 5.41) is 17.7. The molecule has 28 heavy (non-hydrogen) atoms. The van der Waals surface area contributed by atoms with Gasteiger partial charge in [-0.1, -0.05) is 38.5 Å². The molecule has 1 aromatic rings. The van der Waals surface area contributed by atoms with Gasteiger partial charge in [-0.25, -0.2) is 9.59 Å². The van der Waals surface area contributed by atoms with Gasteiger partial charge in [0.2, 0.25) is 11.8 Å². The number of carbonyl (C=O) groups excluding carboxylic acids is 2. The molecule has 1 aliphatic heterocycles. The number of hydrogen-bond donors (Lipinski definition) is 4. The lowest BCUT2D eigenvalue weighted by molar-refractivity contribution is -0.159. The van der Waals surface area contributed by atoms with Gasteiger partial charge in [0.05, 0.1) is 6.04 Å². The first-order valence-corrected chi connectivity index (χ1v) is 9.14. The second kappa shape index (κ2) is 11.0. The zero-order valence-electron chi connectivity index (χ0n) is 16.1. The molecule has 0 saturated carbocycles. The van der Waals surface area contributed by atoms with Crippen molar-refractivity contribution in [1.29, 1.82) is 0 Å². The number of unbranched alkanes of at least 4 members (excludes halogenated alkanes) is 1. The third-order valence-electron chi connectivity index (χ3n) is 4.29. The molecule has 9 heteroatoms. The van der Waals surface area contributed by atoms with E-state index < -0.39 is 24.0 Å². The Kier molecular flexibility index (Phi) is 9.10. The van der Waals surface area contributed by atoms with E-state index in [2.05, 4.69) is 12.2 Å². The molecule has 2 atom stereocenters. The number of carboxylic acid groups (broad SMARTS) is 2. The first-order chi connectivity index (χ1) is 13.2. The molecule has 2 amide bonds. The highest BCUT2D eigenvalue weighted by Gasteiger charge is 2.39. The highest BCUT2D eigenvalue weighted by Crippen LogP contribution is 2.32. The van der Waals surface area contributed by atoms with Crippen molar-refractivity contribution in [3.8, 4) is 0 Å². The van der Waals surface area contributed by atoms with Crippen LogP contribution in [0.2, 0.25) is 0 Å². The highest BCUT2D eigenvalue weighted by atomic mass is 16.4. The summed E-state index contributed by atoms with van der Waals surface area (Å²) in [6.07, 6.45) is 3.07. The van der Waals surface area contributed by atoms with E-state index in [1.807, 2.05) is 31.2 Å². The van der Waals surface area contributed by atoms with E-state index in [1.54, 1.807) is 4.90 Å². The van der Waals surface area contributed by atoms with Gasteiger partial charge in [0.15, 0.2) is 0 Å². The van der Waals surface area contributed by atoms with E-state index in [9.17, 15) is 9.59 Å². The third-order valence-corrected chi connectivity index (χ3v) is 4.29. The van der Waals surface area contributed by atoms with Crippen molar-refractivity contribution in [2.45, 2.75) is 51.6 Å². The van der Waals surface area contributed by atoms with Crippen LogP contribution in [0.1, 0.15) is 38.7 Å². The predicted octanol–water partition coefficient (Wildman–Crippen LogP) is 0.754. The monoisotopic (exact) mass is 393 g/mol. The quantitative estimate of drug-likeness (QED) is 0.411. The number of nitrogens with two attached hydrogens (primary N) is 1. The molecule has 1 aliphatic rings. The topological polar surface area (TPSA) is 150 Å². The Balaban J connectivity index is 0.000000568. The first kappa shape index (κ1) is 23.1. The Morgan fingerprint density at radius 3 is 2.32 bits per heavy atom. The van der Waals surface area contributed by atoms with Gasteiger partial charge in [-0.05, 0) is 24.5 Å². The van der Waals surface area contributed by atoms with E-state index in [0.29, 0.717) is 19.4 Å². The summed E-state index contributed by atoms with van der Waals surface area (Å²) in [7, 11) is 0. The lowest BCUT2D eigenvalue weighted by atomic mass is 10.1. The number of benzene rings is 1. The standard InChI is InChI=1S/C17H25N3O2.C2H2O4/c1-3-5-10-19-16(21)15-11-12-8-6-7-9-14(12)20(15)17(22)13(18)4-2;3-1(4)2(5)6/h6-9,13,15H,3-5,10-11,18H2,1-2H3,(H,19,21);(H,3,4)(H,5,6). The molecule has 1 aromatic carbocycles. The molecule has 0 bridgehead atoms. The number of rotatable bonds is 6. The predicted molar refractivity (Wildman–Crippen MR) is 103 cm³/mol. The van der Waals surface area contributed by atoms with Crippen LogP contribution in [0.25, 0.3) is 0 Å². The largest absolute Gasteiger partial charge is 0.473 e. The van der Waals surface area contributed by atoms with Crippen molar-refractivity contribution in [2.75, 3.05) is 11.4 Å². The molecule has 0 aromatic heterocycles. The number of nitrogens with one attached hydrogen (secondary N) is 1. The van der Waals surface area contributed by atoms with Crippen molar-refractivity contribution in [2.24, 2.45) is 5.73 Å². The Bertz CT molecular complexity index is 709. The average molecular weight is 393 g/mol. The van der Waals surface area contributed by atoms with Crippen LogP contribution < -0.4 is 16.0 Å². The van der Waals surface area contributed by atoms with Gasteiger partial charge in [0.1, 0.15) is 6.04 Å². The second-order valence-electron chi connectivity index (χ2n) is 6.33. The Morgan fingerprint density at radius 1 is 1.18 bits per heavy atom. The van der Waals surface area contributed by atoms with E-state index in [-0.39, 0.29) is 11.8 Å². The maximum Gasteiger partial charge on any atom is 0.414 e. The summed E-state index contributed by atoms with van der Waals surface area (Å²) in [6, 6.07) is 6.60. The molecule has 0 aliphatic carbocycles. The number of hydrogen-bond acceptors (Lipinski definition) is 5. The zero-order valence-corrected chi connectivity index (χ0v) is 16.1. The van der Waals surface area contributed by atoms with Crippen LogP contribution in [-0.4, -0.2) is 52.6 Å². The summed E-state index contributed by atoms with van der Waals surface area (Å²) in [4.78, 5) is 44.9. The lowest BCUT2D eigenvalue weighted by Crippen LogP contribution is -2.53. The first-order valence-electron chi connectivity index (χ1n) is 9.14. The van der Waals surface area contributed by atoms with Gasteiger partial charge in [-0.2, -0.15) is 0 Å². The molecular weight excluding hydrogens is 366 g/mol. The Morgan fingerprint density at radius 2 is 1.79 bits per heavy atom. The minimum atomic E-state index is -1.82. The van der Waals surface area contributed by atoms with E-state index >= 15 is 0 Å². The minimum absolute atomic E-state index is 0.0960. The molecule has 0 fully saturated rings. The van der Waals surface area contributed by atoms with Crippen LogP contribution >= 0.6 is 0 Å². The fourth-order valence-corrected chi connectivity index (χ4v) is 2.73. The number of fused-ring (bicyclic) bond motifs is 1. The van der Waals surface area contributed by atoms with Gasteiger partial charge >= 0.3 is 11.9 Å². The van der Waals surface area contributed by atoms with E-state index in [4.69, 9.17) is 25.5 Å². The van der Waals surface area contributed by atoms with Crippen molar-refractivity contribution in [3.63, 3.8) is 0 Å². The van der Waals surface area contributed by atoms with E-state index in [1.165, 1.54) is 0 Å². The minimum Gasteiger partial charge on any atom is -0.473 e. The summed E-state index contributed by atoms with van der Waals surface area (Å²) in [5.41, 5.74) is 7.75. The number of amides is 2. The average Bonchev–Trinajstić information content (AvgIpc) is 3.06. The van der Waals surface area contributed by atoms with Gasteiger partial charge in [0, 0.05) is 18.7 Å². The summed E-state index contributed by atoms with van der Waals surface area (Å²) in [5.74, 6) is -3.92. The van der Waals surface area contributed by atoms with Crippen LogP contribution in [0.5, 0.6) is 0 Å².